The van der Waals surface area contributed by atoms with Gasteiger partial charge in [0.25, 0.3) is 0 Å². The average molecular weight is 1060 g/mol. The van der Waals surface area contributed by atoms with E-state index < -0.39 is 23.3 Å². The Balaban J connectivity index is 0.000000333. The predicted octanol–water partition coefficient (Wildman–Crippen LogP) is 16.0. The molecule has 0 amide bonds. The highest BCUT2D eigenvalue weighted by Crippen LogP contribution is 2.43. The Labute approximate surface area is 464 Å². The van der Waals surface area contributed by atoms with E-state index in [1.165, 1.54) is 33.4 Å². The predicted molar refractivity (Wildman–Crippen MR) is 317 cm³/mol. The summed E-state index contributed by atoms with van der Waals surface area (Å²) in [6.07, 6.45) is 22.1. The number of carboxylic acid groups (broad SMARTS) is 1. The molecular formula is C68H98O9. The topological polar surface area (TPSA) is 143 Å². The fraction of sp³-hybridized carbons (Fsp3) is 0.559. The Morgan fingerprint density at radius 1 is 0.610 bits per heavy atom. The molecule has 1 saturated heterocycles. The minimum absolute atomic E-state index is 0.0695. The van der Waals surface area contributed by atoms with Crippen molar-refractivity contribution in [2.45, 2.75) is 233 Å². The van der Waals surface area contributed by atoms with E-state index in [9.17, 15) is 24.9 Å². The highest BCUT2D eigenvalue weighted by Gasteiger charge is 2.34. The van der Waals surface area contributed by atoms with E-state index in [0.29, 0.717) is 25.2 Å². The molecule has 0 aliphatic carbocycles. The van der Waals surface area contributed by atoms with Crippen molar-refractivity contribution in [3.05, 3.63) is 141 Å². The van der Waals surface area contributed by atoms with Crippen LogP contribution < -0.4 is 9.47 Å². The summed E-state index contributed by atoms with van der Waals surface area (Å²) < 4.78 is 17.2. The van der Waals surface area contributed by atoms with Gasteiger partial charge in [-0.3, -0.25) is 9.59 Å². The van der Waals surface area contributed by atoms with Crippen LogP contribution in [0.25, 0.3) is 12.2 Å². The molecule has 4 aromatic carbocycles. The van der Waals surface area contributed by atoms with E-state index >= 15 is 0 Å². The molecule has 4 N–H and O–H groups in total. The van der Waals surface area contributed by atoms with Gasteiger partial charge in [0.2, 0.25) is 0 Å². The van der Waals surface area contributed by atoms with Gasteiger partial charge in [0.15, 0.2) is 0 Å². The number of carboxylic acids is 1. The molecular weight excluding hydrogens is 961 g/mol. The lowest BCUT2D eigenvalue weighted by molar-refractivity contribution is -0.142. The number of esters is 1. The van der Waals surface area contributed by atoms with Gasteiger partial charge in [-0.05, 0) is 160 Å². The number of hydrogen-bond acceptors (Lipinski definition) is 8. The second-order valence-electron chi connectivity index (χ2n) is 22.0. The van der Waals surface area contributed by atoms with Gasteiger partial charge in [-0.15, -0.1) is 0 Å². The van der Waals surface area contributed by atoms with Gasteiger partial charge in [0.1, 0.15) is 30.8 Å². The number of aliphatic carboxylic acids is 1. The first-order valence-electron chi connectivity index (χ1n) is 29.4. The number of ether oxygens (including phenoxy) is 3. The third-order valence-electron chi connectivity index (χ3n) is 16.8. The third kappa shape index (κ3) is 17.9. The van der Waals surface area contributed by atoms with Gasteiger partial charge in [-0.2, -0.15) is 0 Å². The van der Waals surface area contributed by atoms with Gasteiger partial charge >= 0.3 is 11.9 Å². The quantitative estimate of drug-likeness (QED) is 0.0286. The number of aryl methyl sites for hydroxylation is 4. The second-order valence-corrected chi connectivity index (χ2v) is 22.0. The molecule has 0 radical (unpaired) electrons. The normalized spacial score (nSPS) is 15.9. The van der Waals surface area contributed by atoms with Crippen LogP contribution in [0.3, 0.4) is 0 Å². The van der Waals surface area contributed by atoms with Gasteiger partial charge in [0.05, 0.1) is 17.3 Å². The van der Waals surface area contributed by atoms with E-state index in [1.54, 1.807) is 0 Å². The van der Waals surface area contributed by atoms with Gasteiger partial charge in [0, 0.05) is 23.7 Å². The fourth-order valence-corrected chi connectivity index (χ4v) is 11.1. The molecule has 4 aromatic rings. The maximum Gasteiger partial charge on any atom is 0.306 e. The SMILES string of the molecule is CCCCCC(O)(/C=C/c1ccc(C(CC)(CC)c2ccc(OC[C@@H](O)CCC(=O)O)c(C)c2)cc1C)CC.CCCCCC(O)(/C=C/c1ccc(C(CC)(CC)c2ccc(OC[C@@H]3CCC(=O)O3)c(C)c2)cc1C)CC. The Morgan fingerprint density at radius 3 is 1.38 bits per heavy atom. The monoisotopic (exact) mass is 1060 g/mol. The Kier molecular flexibility index (Phi) is 25.7. The number of hydrogen-bond donors (Lipinski definition) is 4. The lowest BCUT2D eigenvalue weighted by atomic mass is 9.70. The minimum Gasteiger partial charge on any atom is -0.491 e. The van der Waals surface area contributed by atoms with Crippen LogP contribution >= 0.6 is 0 Å². The molecule has 0 aromatic heterocycles. The molecule has 77 heavy (non-hydrogen) atoms. The van der Waals surface area contributed by atoms with Crippen LogP contribution in [0.4, 0.5) is 0 Å². The number of aliphatic hydroxyl groups excluding tert-OH is 1. The highest BCUT2D eigenvalue weighted by atomic mass is 16.6. The molecule has 0 bridgehead atoms. The largest absolute Gasteiger partial charge is 0.491 e. The zero-order valence-corrected chi connectivity index (χ0v) is 49.4. The summed E-state index contributed by atoms with van der Waals surface area (Å²) in [6, 6.07) is 26.2. The fourth-order valence-electron chi connectivity index (χ4n) is 11.1. The summed E-state index contributed by atoms with van der Waals surface area (Å²) in [5.41, 5.74) is 10.1. The summed E-state index contributed by atoms with van der Waals surface area (Å²) >= 11 is 0. The van der Waals surface area contributed by atoms with Crippen LogP contribution in [0.2, 0.25) is 0 Å². The van der Waals surface area contributed by atoms with Crippen LogP contribution in [0.15, 0.2) is 84.9 Å². The van der Waals surface area contributed by atoms with Crippen LogP contribution in [0.5, 0.6) is 11.5 Å². The zero-order chi connectivity index (χ0) is 56.8. The first-order chi connectivity index (χ1) is 36.7. The number of carbonyl (C=O) groups is 2. The van der Waals surface area contributed by atoms with Crippen molar-refractivity contribution in [1.82, 2.24) is 0 Å². The first-order valence-corrected chi connectivity index (χ1v) is 29.4. The number of unbranched alkanes of at least 4 members (excludes halogenated alkanes) is 4. The number of aliphatic hydroxyl groups is 3. The number of carbonyl (C=O) groups excluding carboxylic acids is 1. The second kappa shape index (κ2) is 30.8. The summed E-state index contributed by atoms with van der Waals surface area (Å²) in [4.78, 5) is 22.1. The molecule has 424 valence electrons. The number of benzene rings is 4. The van der Waals surface area contributed by atoms with E-state index in [0.717, 1.165) is 118 Å². The molecule has 9 heteroatoms. The Morgan fingerprint density at radius 2 is 1.03 bits per heavy atom. The Hall–Kier alpha value is -5.22. The van der Waals surface area contributed by atoms with Crippen molar-refractivity contribution in [2.75, 3.05) is 13.2 Å². The van der Waals surface area contributed by atoms with Crippen LogP contribution in [-0.2, 0) is 25.2 Å². The summed E-state index contributed by atoms with van der Waals surface area (Å²) in [7, 11) is 0. The molecule has 9 nitrogen and oxygen atoms in total. The van der Waals surface area contributed by atoms with Crippen molar-refractivity contribution in [2.24, 2.45) is 0 Å². The lowest BCUT2D eigenvalue weighted by Gasteiger charge is -2.34. The van der Waals surface area contributed by atoms with Crippen molar-refractivity contribution in [1.29, 1.82) is 0 Å². The zero-order valence-electron chi connectivity index (χ0n) is 49.4. The van der Waals surface area contributed by atoms with E-state index in [4.69, 9.17) is 19.3 Å². The summed E-state index contributed by atoms with van der Waals surface area (Å²) in [5, 5.41) is 40.9. The summed E-state index contributed by atoms with van der Waals surface area (Å²) in [6.45, 7) is 26.3. The first kappa shape index (κ1) is 64.3. The van der Waals surface area contributed by atoms with Crippen molar-refractivity contribution >= 4 is 24.1 Å². The molecule has 5 rings (SSSR count). The van der Waals surface area contributed by atoms with E-state index in [2.05, 4.69) is 148 Å². The maximum atomic E-state index is 11.4. The third-order valence-corrected chi connectivity index (χ3v) is 16.8. The van der Waals surface area contributed by atoms with Gasteiger partial charge in [-0.25, -0.2) is 0 Å². The van der Waals surface area contributed by atoms with Crippen LogP contribution in [0, 0.1) is 27.7 Å². The number of rotatable bonds is 31. The van der Waals surface area contributed by atoms with Crippen LogP contribution in [0.1, 0.15) is 227 Å². The van der Waals surface area contributed by atoms with Crippen molar-refractivity contribution < 1.29 is 44.2 Å². The molecule has 2 unspecified atom stereocenters. The molecule has 1 fully saturated rings. The Bertz CT molecular complexity index is 2530. The lowest BCUT2D eigenvalue weighted by Crippen LogP contribution is -2.26. The molecule has 1 heterocycles. The standard InChI is InChI=1S/C34H50O5.C34H48O4/c1-7-11-12-20-33(38,8-2)21-19-27-13-14-28(22-25(27)5)34(9-3,10-4)29-15-17-31(26(6)23-29)39-24-30(35)16-18-32(36)37;1-7-11-12-20-33(36,8-2)21-19-27-13-14-28(22-25(27)5)34(9-3,10-4)29-15-17-31(26(6)23-29)37-24-30-16-18-32(35)38-30/h13-15,17,19,21-23,30,35,38H,7-12,16,18,20,24H2,1-6H3,(H,36,37);13-15,17,19,21-23,30,36H,7-12,16,18,20,24H2,1-6H3/b2*21-19+/t2*30-,33?/m00/s1. The molecule has 0 spiro atoms. The van der Waals surface area contributed by atoms with Crippen LogP contribution in [-0.4, -0.2) is 69.0 Å². The molecule has 1 aliphatic heterocycles. The van der Waals surface area contributed by atoms with Gasteiger partial charge < -0.3 is 34.6 Å². The smallest absolute Gasteiger partial charge is 0.306 e. The highest BCUT2D eigenvalue weighted by molar-refractivity contribution is 5.71. The molecule has 0 saturated carbocycles. The average Bonchev–Trinajstić information content (AvgIpc) is 3.88. The van der Waals surface area contributed by atoms with Crippen molar-refractivity contribution in [3.63, 3.8) is 0 Å². The van der Waals surface area contributed by atoms with E-state index in [1.807, 2.05) is 32.1 Å². The van der Waals surface area contributed by atoms with E-state index in [-0.39, 0.29) is 42.4 Å². The molecule has 1 aliphatic rings. The minimum atomic E-state index is -0.922. The number of cyclic esters (lactones) is 1. The summed E-state index contributed by atoms with van der Waals surface area (Å²) in [5.74, 6) is 0.491. The van der Waals surface area contributed by atoms with Gasteiger partial charge in [-0.1, -0.05) is 179 Å². The van der Waals surface area contributed by atoms with Crippen molar-refractivity contribution in [3.8, 4) is 11.5 Å². The molecule has 4 atom stereocenters. The maximum absolute atomic E-state index is 11.4.